The average molecular weight is 215 g/mol. The van der Waals surface area contributed by atoms with Crippen molar-refractivity contribution in [2.45, 2.75) is 19.6 Å². The number of hydrogen-bond acceptors (Lipinski definition) is 4. The van der Waals surface area contributed by atoms with Gasteiger partial charge in [-0.15, -0.1) is 0 Å². The zero-order valence-corrected chi connectivity index (χ0v) is 8.84. The summed E-state index contributed by atoms with van der Waals surface area (Å²) in [4.78, 5) is 0. The smallest absolute Gasteiger partial charge is 0.195 e. The number of H-pyrrole nitrogens is 1. The van der Waals surface area contributed by atoms with Crippen LogP contribution in [0.4, 0.5) is 0 Å². The quantitative estimate of drug-likeness (QED) is 0.749. The van der Waals surface area contributed by atoms with Gasteiger partial charge in [-0.3, -0.25) is 5.10 Å². The molecule has 6 heteroatoms. The molecule has 1 unspecified atom stereocenters. The maximum absolute atomic E-state index is 5.55. The van der Waals surface area contributed by atoms with Crippen LogP contribution in [0, 0.1) is 4.77 Å². The summed E-state index contributed by atoms with van der Waals surface area (Å²) in [6.07, 6.45) is -0.0864. The molecule has 0 spiro atoms. The van der Waals surface area contributed by atoms with E-state index in [-0.39, 0.29) is 6.10 Å². The molecule has 14 heavy (non-hydrogen) atoms. The van der Waals surface area contributed by atoms with Crippen LogP contribution in [0.25, 0.3) is 0 Å². The molecule has 0 aliphatic carbocycles. The lowest BCUT2D eigenvalue weighted by Gasteiger charge is -2.22. The Hall–Kier alpha value is -0.720. The minimum atomic E-state index is -0.0864. The summed E-state index contributed by atoms with van der Waals surface area (Å²) in [5, 5.41) is 6.92. The van der Waals surface area contributed by atoms with Crippen molar-refractivity contribution in [2.24, 2.45) is 0 Å². The first kappa shape index (κ1) is 9.82. The monoisotopic (exact) mass is 215 g/mol. The van der Waals surface area contributed by atoms with Crippen LogP contribution in [0.5, 0.6) is 0 Å². The van der Waals surface area contributed by atoms with E-state index in [4.69, 9.17) is 21.7 Å². The van der Waals surface area contributed by atoms with Crippen molar-refractivity contribution in [3.05, 3.63) is 10.6 Å². The van der Waals surface area contributed by atoms with E-state index in [0.717, 1.165) is 12.4 Å². The maximum Gasteiger partial charge on any atom is 0.195 e. The molecule has 2 rings (SSSR count). The number of hydrogen-bond donors (Lipinski definition) is 1. The fourth-order valence-corrected chi connectivity index (χ4v) is 1.79. The highest BCUT2D eigenvalue weighted by molar-refractivity contribution is 7.71. The second-order valence-corrected chi connectivity index (χ2v) is 3.45. The summed E-state index contributed by atoms with van der Waals surface area (Å²) in [6.45, 7) is 4.66. The van der Waals surface area contributed by atoms with Gasteiger partial charge in [-0.25, -0.2) is 0 Å². The number of rotatable bonds is 2. The van der Waals surface area contributed by atoms with Gasteiger partial charge >= 0.3 is 0 Å². The van der Waals surface area contributed by atoms with Crippen LogP contribution in [0.15, 0.2) is 0 Å². The highest BCUT2D eigenvalue weighted by atomic mass is 32.1. The Bertz CT molecular complexity index is 354. The molecule has 1 aliphatic rings. The van der Waals surface area contributed by atoms with E-state index in [1.54, 1.807) is 0 Å². The molecule has 0 aromatic carbocycles. The Morgan fingerprint density at radius 2 is 2.50 bits per heavy atom. The lowest BCUT2D eigenvalue weighted by molar-refractivity contribution is -0.0947. The maximum atomic E-state index is 5.55. The van der Waals surface area contributed by atoms with Crippen molar-refractivity contribution < 1.29 is 9.47 Å². The lowest BCUT2D eigenvalue weighted by Crippen LogP contribution is -2.24. The summed E-state index contributed by atoms with van der Waals surface area (Å²) >= 11 is 5.09. The highest BCUT2D eigenvalue weighted by Gasteiger charge is 2.21. The Morgan fingerprint density at radius 3 is 3.14 bits per heavy atom. The minimum Gasteiger partial charge on any atom is -0.376 e. The lowest BCUT2D eigenvalue weighted by atomic mass is 10.3. The molecule has 0 saturated carbocycles. The zero-order valence-electron chi connectivity index (χ0n) is 8.02. The normalized spacial score (nSPS) is 22.5. The van der Waals surface area contributed by atoms with Crippen LogP contribution in [0.1, 0.15) is 18.9 Å². The Labute approximate surface area is 87.0 Å². The van der Waals surface area contributed by atoms with Crippen molar-refractivity contribution in [3.63, 3.8) is 0 Å². The summed E-state index contributed by atoms with van der Waals surface area (Å²) < 4.78 is 13.4. The van der Waals surface area contributed by atoms with Gasteiger partial charge < -0.3 is 14.0 Å². The highest BCUT2D eigenvalue weighted by Crippen LogP contribution is 2.18. The average Bonchev–Trinajstić information content (AvgIpc) is 2.61. The van der Waals surface area contributed by atoms with Gasteiger partial charge in [0, 0.05) is 6.54 Å². The van der Waals surface area contributed by atoms with E-state index in [2.05, 4.69) is 10.2 Å². The summed E-state index contributed by atoms with van der Waals surface area (Å²) in [7, 11) is 0. The van der Waals surface area contributed by atoms with E-state index < -0.39 is 0 Å². The van der Waals surface area contributed by atoms with E-state index in [1.807, 2.05) is 11.5 Å². The van der Waals surface area contributed by atoms with Crippen LogP contribution in [0.2, 0.25) is 0 Å². The van der Waals surface area contributed by atoms with Gasteiger partial charge in [-0.2, -0.15) is 5.10 Å². The second kappa shape index (κ2) is 4.20. The molecule has 0 amide bonds. The third-order valence-electron chi connectivity index (χ3n) is 2.21. The van der Waals surface area contributed by atoms with Gasteiger partial charge in [0.25, 0.3) is 0 Å². The van der Waals surface area contributed by atoms with E-state index in [0.29, 0.717) is 24.6 Å². The van der Waals surface area contributed by atoms with Crippen molar-refractivity contribution in [1.82, 2.24) is 14.8 Å². The molecule has 0 radical (unpaired) electrons. The number of aromatic amines is 1. The van der Waals surface area contributed by atoms with Crippen molar-refractivity contribution in [3.8, 4) is 0 Å². The molecule has 5 nitrogen and oxygen atoms in total. The molecular weight excluding hydrogens is 202 g/mol. The Balaban J connectivity index is 2.25. The fourth-order valence-electron chi connectivity index (χ4n) is 1.52. The molecule has 1 aromatic heterocycles. The largest absolute Gasteiger partial charge is 0.376 e. The third-order valence-corrected chi connectivity index (χ3v) is 2.52. The summed E-state index contributed by atoms with van der Waals surface area (Å²) in [6, 6.07) is 0. The molecule has 2 heterocycles. The van der Waals surface area contributed by atoms with Gasteiger partial charge in [0.15, 0.2) is 10.6 Å². The van der Waals surface area contributed by atoms with Gasteiger partial charge in [0.2, 0.25) is 0 Å². The molecule has 1 aliphatic heterocycles. The minimum absolute atomic E-state index is 0.0864. The van der Waals surface area contributed by atoms with Crippen LogP contribution in [-0.4, -0.2) is 34.6 Å². The van der Waals surface area contributed by atoms with Gasteiger partial charge in [-0.1, -0.05) is 0 Å². The molecule has 1 saturated heterocycles. The zero-order chi connectivity index (χ0) is 9.97. The van der Waals surface area contributed by atoms with Gasteiger partial charge in [-0.05, 0) is 19.1 Å². The molecule has 1 atom stereocenters. The van der Waals surface area contributed by atoms with Gasteiger partial charge in [0.1, 0.15) is 6.10 Å². The van der Waals surface area contributed by atoms with Gasteiger partial charge in [0.05, 0.1) is 19.8 Å². The van der Waals surface area contributed by atoms with Crippen molar-refractivity contribution >= 4 is 12.2 Å². The number of nitrogens with zero attached hydrogens (tertiary/aromatic N) is 2. The number of nitrogens with one attached hydrogen (secondary N) is 1. The standard InChI is InChI=1S/C8H13N3O2S/c1-2-11-7(9-10-8(11)14)6-5-12-3-4-13-6/h6H,2-5H2,1H3,(H,10,14). The summed E-state index contributed by atoms with van der Waals surface area (Å²) in [5.74, 6) is 0.831. The predicted molar refractivity (Wildman–Crippen MR) is 52.6 cm³/mol. The van der Waals surface area contributed by atoms with Crippen molar-refractivity contribution in [2.75, 3.05) is 19.8 Å². The third kappa shape index (κ3) is 1.73. The van der Waals surface area contributed by atoms with Crippen LogP contribution >= 0.6 is 12.2 Å². The van der Waals surface area contributed by atoms with Crippen LogP contribution in [0.3, 0.4) is 0 Å². The van der Waals surface area contributed by atoms with E-state index in [9.17, 15) is 0 Å². The molecule has 0 bridgehead atoms. The molecule has 1 fully saturated rings. The first-order chi connectivity index (χ1) is 6.83. The van der Waals surface area contributed by atoms with E-state index >= 15 is 0 Å². The SMILES string of the molecule is CCn1c(C2COCCO2)n[nH]c1=S. The topological polar surface area (TPSA) is 52.1 Å². The summed E-state index contributed by atoms with van der Waals surface area (Å²) in [5.41, 5.74) is 0. The molecular formula is C8H13N3O2S. The van der Waals surface area contributed by atoms with E-state index in [1.165, 1.54) is 0 Å². The first-order valence-electron chi connectivity index (χ1n) is 4.67. The van der Waals surface area contributed by atoms with Crippen LogP contribution in [-0.2, 0) is 16.0 Å². The Morgan fingerprint density at radius 1 is 1.64 bits per heavy atom. The first-order valence-corrected chi connectivity index (χ1v) is 5.08. The fraction of sp³-hybridized carbons (Fsp3) is 0.750. The predicted octanol–water partition coefficient (Wildman–Crippen LogP) is 1.05. The molecule has 78 valence electrons. The number of ether oxygens (including phenoxy) is 2. The molecule has 1 N–H and O–H groups in total. The molecule has 1 aromatic rings. The Kier molecular flexibility index (Phi) is 2.95. The van der Waals surface area contributed by atoms with Crippen LogP contribution < -0.4 is 0 Å². The van der Waals surface area contributed by atoms with Crippen molar-refractivity contribution in [1.29, 1.82) is 0 Å². The number of aromatic nitrogens is 3. The second-order valence-electron chi connectivity index (χ2n) is 3.07.